The van der Waals surface area contributed by atoms with E-state index in [0.717, 1.165) is 6.42 Å². The van der Waals surface area contributed by atoms with Gasteiger partial charge in [-0.3, -0.25) is 0 Å². The van der Waals surface area contributed by atoms with Crippen molar-refractivity contribution in [3.63, 3.8) is 0 Å². The lowest BCUT2D eigenvalue weighted by atomic mass is 10.2. The predicted molar refractivity (Wildman–Crippen MR) is 62.7 cm³/mol. The van der Waals surface area contributed by atoms with Crippen LogP contribution in [0.1, 0.15) is 5.56 Å². The minimum atomic E-state index is -1.20. The minimum absolute atomic E-state index is 0.900. The molecule has 0 bridgehead atoms. The van der Waals surface area contributed by atoms with Crippen LogP contribution in [0.3, 0.4) is 0 Å². The molecule has 14 heavy (non-hydrogen) atoms. The lowest BCUT2D eigenvalue weighted by molar-refractivity contribution is 0.565. The smallest absolute Gasteiger partial charge is 0.129 e. The maximum Gasteiger partial charge on any atom is 0.129 e. The zero-order valence-corrected chi connectivity index (χ0v) is 10.0. The molecule has 0 spiro atoms. The standard InChI is InChI=1S/C12H16OSi/c1-14(2,3)10-6-4-5-7-12-8-9-13-11-12/h4-5,8-9,11H,7H2,1-3H3/b5-4-. The van der Waals surface area contributed by atoms with Gasteiger partial charge in [0.1, 0.15) is 8.07 Å². The SMILES string of the molecule is C[Si](C)(C)C#C/C=C\Cc1ccoc1. The molecule has 0 N–H and O–H groups in total. The second kappa shape index (κ2) is 4.87. The number of hydrogen-bond acceptors (Lipinski definition) is 1. The fourth-order valence-corrected chi connectivity index (χ4v) is 1.44. The van der Waals surface area contributed by atoms with Crippen LogP contribution in [0.25, 0.3) is 0 Å². The first-order valence-electron chi connectivity index (χ1n) is 4.77. The van der Waals surface area contributed by atoms with Gasteiger partial charge < -0.3 is 4.42 Å². The van der Waals surface area contributed by atoms with Crippen LogP contribution < -0.4 is 0 Å². The summed E-state index contributed by atoms with van der Waals surface area (Å²) < 4.78 is 4.96. The van der Waals surface area contributed by atoms with Crippen LogP contribution in [-0.4, -0.2) is 8.07 Å². The number of rotatable bonds is 2. The van der Waals surface area contributed by atoms with Gasteiger partial charge in [0, 0.05) is 0 Å². The summed E-state index contributed by atoms with van der Waals surface area (Å²) >= 11 is 0. The van der Waals surface area contributed by atoms with Crippen LogP contribution in [0.2, 0.25) is 19.6 Å². The van der Waals surface area contributed by atoms with Crippen molar-refractivity contribution in [3.8, 4) is 11.5 Å². The largest absolute Gasteiger partial charge is 0.472 e. The second-order valence-corrected chi connectivity index (χ2v) is 9.01. The first kappa shape index (κ1) is 10.9. The third-order valence-corrected chi connectivity index (χ3v) is 2.48. The molecule has 0 aromatic carbocycles. The summed E-state index contributed by atoms with van der Waals surface area (Å²) in [4.78, 5) is 0. The lowest BCUT2D eigenvalue weighted by Crippen LogP contribution is -2.16. The molecule has 0 aliphatic carbocycles. The van der Waals surface area contributed by atoms with Gasteiger partial charge in [0.2, 0.25) is 0 Å². The van der Waals surface area contributed by atoms with Crippen LogP contribution >= 0.6 is 0 Å². The van der Waals surface area contributed by atoms with Gasteiger partial charge >= 0.3 is 0 Å². The fourth-order valence-electron chi connectivity index (χ4n) is 0.921. The number of hydrogen-bond donors (Lipinski definition) is 0. The molecule has 0 atom stereocenters. The van der Waals surface area contributed by atoms with Crippen molar-refractivity contribution in [2.24, 2.45) is 0 Å². The monoisotopic (exact) mass is 204 g/mol. The topological polar surface area (TPSA) is 13.1 Å². The highest BCUT2D eigenvalue weighted by Gasteiger charge is 2.06. The predicted octanol–water partition coefficient (Wildman–Crippen LogP) is 3.26. The van der Waals surface area contributed by atoms with E-state index in [0.29, 0.717) is 0 Å². The molecule has 1 rings (SSSR count). The molecule has 0 amide bonds. The summed E-state index contributed by atoms with van der Waals surface area (Å²) in [5.74, 6) is 3.09. The third kappa shape index (κ3) is 4.73. The van der Waals surface area contributed by atoms with Crippen LogP contribution in [-0.2, 0) is 6.42 Å². The molecule has 0 saturated heterocycles. The molecular formula is C12H16OSi. The zero-order chi connectivity index (χ0) is 10.4. The minimum Gasteiger partial charge on any atom is -0.472 e. The Morgan fingerprint density at radius 3 is 2.79 bits per heavy atom. The normalized spacial score (nSPS) is 11.4. The highest BCUT2D eigenvalue weighted by molar-refractivity contribution is 6.83. The van der Waals surface area contributed by atoms with Crippen molar-refractivity contribution in [1.29, 1.82) is 0 Å². The van der Waals surface area contributed by atoms with Gasteiger partial charge in [0.05, 0.1) is 12.5 Å². The molecule has 1 nitrogen and oxygen atoms in total. The van der Waals surface area contributed by atoms with Crippen LogP contribution in [0.5, 0.6) is 0 Å². The van der Waals surface area contributed by atoms with Crippen molar-refractivity contribution in [2.45, 2.75) is 26.1 Å². The van der Waals surface area contributed by atoms with E-state index in [1.54, 1.807) is 12.5 Å². The molecule has 2 heteroatoms. The van der Waals surface area contributed by atoms with Crippen LogP contribution in [0.15, 0.2) is 35.2 Å². The van der Waals surface area contributed by atoms with E-state index in [4.69, 9.17) is 4.42 Å². The highest BCUT2D eigenvalue weighted by Crippen LogP contribution is 2.01. The second-order valence-electron chi connectivity index (χ2n) is 4.26. The Morgan fingerprint density at radius 2 is 2.21 bits per heavy atom. The summed E-state index contributed by atoms with van der Waals surface area (Å²) in [6, 6.07) is 1.97. The Balaban J connectivity index is 2.38. The molecule has 74 valence electrons. The highest BCUT2D eigenvalue weighted by atomic mass is 28.3. The number of furan rings is 1. The summed E-state index contributed by atoms with van der Waals surface area (Å²) in [6.07, 6.45) is 8.35. The van der Waals surface area contributed by atoms with Gasteiger partial charge in [-0.25, -0.2) is 0 Å². The lowest BCUT2D eigenvalue weighted by Gasteiger charge is -2.01. The Morgan fingerprint density at radius 1 is 1.43 bits per heavy atom. The molecule has 0 saturated carbocycles. The molecule has 0 unspecified atom stereocenters. The molecule has 0 fully saturated rings. The average molecular weight is 204 g/mol. The van der Waals surface area contributed by atoms with Gasteiger partial charge in [0.25, 0.3) is 0 Å². The summed E-state index contributed by atoms with van der Waals surface area (Å²) in [6.45, 7) is 6.72. The summed E-state index contributed by atoms with van der Waals surface area (Å²) in [5, 5.41) is 0. The van der Waals surface area contributed by atoms with Gasteiger partial charge in [-0.1, -0.05) is 31.6 Å². The molecule has 1 aromatic rings. The fraction of sp³-hybridized carbons (Fsp3) is 0.333. The van der Waals surface area contributed by atoms with Crippen molar-refractivity contribution in [1.82, 2.24) is 0 Å². The third-order valence-electron chi connectivity index (χ3n) is 1.58. The van der Waals surface area contributed by atoms with Crippen molar-refractivity contribution in [2.75, 3.05) is 0 Å². The molecule has 1 heterocycles. The first-order chi connectivity index (χ1) is 6.58. The van der Waals surface area contributed by atoms with Gasteiger partial charge in [-0.2, -0.15) is 0 Å². The maximum atomic E-state index is 4.96. The molecule has 1 aromatic heterocycles. The Kier molecular flexibility index (Phi) is 3.79. The number of allylic oxidation sites excluding steroid dienone is 2. The molecule has 0 radical (unpaired) electrons. The van der Waals surface area contributed by atoms with Crippen LogP contribution in [0.4, 0.5) is 0 Å². The summed E-state index contributed by atoms with van der Waals surface area (Å²) in [5.41, 5.74) is 4.47. The van der Waals surface area contributed by atoms with Crippen molar-refractivity contribution >= 4 is 8.07 Å². The first-order valence-corrected chi connectivity index (χ1v) is 8.27. The molecule has 0 aliphatic rings. The van der Waals surface area contributed by atoms with E-state index in [9.17, 15) is 0 Å². The van der Waals surface area contributed by atoms with E-state index >= 15 is 0 Å². The Bertz CT molecular complexity index is 344. The molecule has 0 aliphatic heterocycles. The van der Waals surface area contributed by atoms with E-state index < -0.39 is 8.07 Å². The van der Waals surface area contributed by atoms with E-state index in [1.165, 1.54) is 5.56 Å². The van der Waals surface area contributed by atoms with Crippen molar-refractivity contribution in [3.05, 3.63) is 36.3 Å². The van der Waals surface area contributed by atoms with E-state index in [2.05, 4.69) is 37.2 Å². The van der Waals surface area contributed by atoms with Gasteiger partial charge in [-0.05, 0) is 24.1 Å². The Labute approximate surface area is 86.8 Å². The van der Waals surface area contributed by atoms with Crippen LogP contribution in [0, 0.1) is 11.5 Å². The average Bonchev–Trinajstić information content (AvgIpc) is 2.54. The van der Waals surface area contributed by atoms with Gasteiger partial charge in [-0.15, -0.1) is 5.54 Å². The van der Waals surface area contributed by atoms with E-state index in [-0.39, 0.29) is 0 Å². The Hall–Kier alpha value is -1.20. The van der Waals surface area contributed by atoms with E-state index in [1.807, 2.05) is 12.1 Å². The van der Waals surface area contributed by atoms with Crippen molar-refractivity contribution < 1.29 is 4.42 Å². The summed E-state index contributed by atoms with van der Waals surface area (Å²) in [7, 11) is -1.20. The van der Waals surface area contributed by atoms with Gasteiger partial charge in [0.15, 0.2) is 0 Å². The molecular weight excluding hydrogens is 188 g/mol. The quantitative estimate of drug-likeness (QED) is 0.532. The maximum absolute atomic E-state index is 4.96. The zero-order valence-electron chi connectivity index (χ0n) is 9.00.